The SMILES string of the molecule is Cc1cccnc1C(=O)N1CCCC(O)(COc2cc(C)c(Cl)c(C)c2)CC1. The molecule has 28 heavy (non-hydrogen) atoms. The summed E-state index contributed by atoms with van der Waals surface area (Å²) in [7, 11) is 0. The highest BCUT2D eigenvalue weighted by atomic mass is 35.5. The summed E-state index contributed by atoms with van der Waals surface area (Å²) < 4.78 is 5.90. The Hall–Kier alpha value is -2.11. The minimum absolute atomic E-state index is 0.0766. The predicted octanol–water partition coefficient (Wildman–Crippen LogP) is 4.10. The molecule has 1 atom stereocenters. The van der Waals surface area contributed by atoms with Gasteiger partial charge in [-0.05, 0) is 74.9 Å². The first-order valence-corrected chi connectivity index (χ1v) is 10.00. The molecule has 1 aliphatic rings. The molecule has 0 saturated carbocycles. The van der Waals surface area contributed by atoms with Gasteiger partial charge in [0.15, 0.2) is 0 Å². The van der Waals surface area contributed by atoms with Crippen molar-refractivity contribution >= 4 is 17.5 Å². The molecule has 1 aromatic carbocycles. The number of rotatable bonds is 4. The number of aryl methyl sites for hydroxylation is 3. The van der Waals surface area contributed by atoms with Crippen molar-refractivity contribution in [3.8, 4) is 5.75 Å². The van der Waals surface area contributed by atoms with Gasteiger partial charge in [0, 0.05) is 24.3 Å². The van der Waals surface area contributed by atoms with Crippen molar-refractivity contribution < 1.29 is 14.6 Å². The molecule has 1 unspecified atom stereocenters. The third-order valence-electron chi connectivity index (χ3n) is 5.33. The first-order chi connectivity index (χ1) is 13.3. The Morgan fingerprint density at radius 1 is 1.21 bits per heavy atom. The highest BCUT2D eigenvalue weighted by Gasteiger charge is 2.33. The van der Waals surface area contributed by atoms with Crippen LogP contribution in [0.3, 0.4) is 0 Å². The Morgan fingerprint density at radius 2 is 1.93 bits per heavy atom. The molecule has 2 aromatic rings. The van der Waals surface area contributed by atoms with Crippen molar-refractivity contribution in [3.05, 3.63) is 57.9 Å². The summed E-state index contributed by atoms with van der Waals surface area (Å²) in [6.45, 7) is 7.04. The number of ether oxygens (including phenoxy) is 1. The fourth-order valence-electron chi connectivity index (χ4n) is 3.59. The Balaban J connectivity index is 1.64. The third kappa shape index (κ3) is 4.65. The monoisotopic (exact) mass is 402 g/mol. The number of nitrogens with zero attached hydrogens (tertiary/aromatic N) is 2. The number of likely N-dealkylation sites (tertiary alicyclic amines) is 1. The highest BCUT2D eigenvalue weighted by Crippen LogP contribution is 2.28. The fourth-order valence-corrected chi connectivity index (χ4v) is 3.70. The second kappa shape index (κ2) is 8.50. The van der Waals surface area contributed by atoms with Crippen molar-refractivity contribution in [1.29, 1.82) is 0 Å². The summed E-state index contributed by atoms with van der Waals surface area (Å²) >= 11 is 6.21. The Kier molecular flexibility index (Phi) is 6.26. The summed E-state index contributed by atoms with van der Waals surface area (Å²) in [6.07, 6.45) is 3.41. The van der Waals surface area contributed by atoms with Gasteiger partial charge in [0.2, 0.25) is 0 Å². The second-order valence-electron chi connectivity index (χ2n) is 7.70. The predicted molar refractivity (Wildman–Crippen MR) is 110 cm³/mol. The molecule has 0 bridgehead atoms. The second-order valence-corrected chi connectivity index (χ2v) is 8.08. The zero-order valence-electron chi connectivity index (χ0n) is 16.7. The van der Waals surface area contributed by atoms with Crippen LogP contribution in [0.25, 0.3) is 0 Å². The molecule has 1 amide bonds. The Labute approximate surface area is 171 Å². The number of hydrogen-bond acceptors (Lipinski definition) is 4. The average Bonchev–Trinajstić information content (AvgIpc) is 2.86. The molecular formula is C22H27ClN2O3. The molecule has 1 aliphatic heterocycles. The Bertz CT molecular complexity index is 848. The van der Waals surface area contributed by atoms with Crippen LogP contribution in [0.1, 0.15) is 46.4 Å². The Morgan fingerprint density at radius 3 is 2.61 bits per heavy atom. The van der Waals surface area contributed by atoms with E-state index < -0.39 is 5.60 Å². The zero-order chi connectivity index (χ0) is 20.3. The number of aromatic nitrogens is 1. The molecular weight excluding hydrogens is 376 g/mol. The van der Waals surface area contributed by atoms with Crippen LogP contribution in [0, 0.1) is 20.8 Å². The van der Waals surface area contributed by atoms with Crippen LogP contribution >= 0.6 is 11.6 Å². The lowest BCUT2D eigenvalue weighted by Crippen LogP contribution is -2.38. The minimum Gasteiger partial charge on any atom is -0.491 e. The standard InChI is InChI=1S/C22H27ClN2O3/c1-15-6-4-9-24-20(15)21(26)25-10-5-7-22(27,8-11-25)14-28-18-12-16(2)19(23)17(3)13-18/h4,6,9,12-13,27H,5,7-8,10-11,14H2,1-3H3. The fraction of sp³-hybridized carbons (Fsp3) is 0.455. The number of halogens is 1. The summed E-state index contributed by atoms with van der Waals surface area (Å²) in [5.74, 6) is 0.626. The minimum atomic E-state index is -0.963. The smallest absolute Gasteiger partial charge is 0.272 e. The summed E-state index contributed by atoms with van der Waals surface area (Å²) in [6, 6.07) is 7.48. The maximum Gasteiger partial charge on any atom is 0.272 e. The number of pyridine rings is 1. The van der Waals surface area contributed by atoms with E-state index in [2.05, 4.69) is 4.98 Å². The number of benzene rings is 1. The topological polar surface area (TPSA) is 62.7 Å². The molecule has 6 heteroatoms. The first-order valence-electron chi connectivity index (χ1n) is 9.62. The molecule has 1 saturated heterocycles. The van der Waals surface area contributed by atoms with Crippen molar-refractivity contribution in [3.63, 3.8) is 0 Å². The van der Waals surface area contributed by atoms with E-state index in [1.165, 1.54) is 0 Å². The zero-order valence-corrected chi connectivity index (χ0v) is 17.4. The maximum absolute atomic E-state index is 12.8. The number of carbonyl (C=O) groups excluding carboxylic acids is 1. The number of carbonyl (C=O) groups is 1. The van der Waals surface area contributed by atoms with Gasteiger partial charge >= 0.3 is 0 Å². The molecule has 150 valence electrons. The van der Waals surface area contributed by atoms with E-state index in [1.54, 1.807) is 11.1 Å². The van der Waals surface area contributed by atoms with Gasteiger partial charge in [-0.1, -0.05) is 17.7 Å². The van der Waals surface area contributed by atoms with E-state index in [9.17, 15) is 9.90 Å². The maximum atomic E-state index is 12.8. The molecule has 0 aliphatic carbocycles. The molecule has 1 aromatic heterocycles. The van der Waals surface area contributed by atoms with Crippen molar-refractivity contribution in [2.75, 3.05) is 19.7 Å². The van der Waals surface area contributed by atoms with Crippen molar-refractivity contribution in [2.24, 2.45) is 0 Å². The van der Waals surface area contributed by atoms with Crippen LogP contribution < -0.4 is 4.74 Å². The van der Waals surface area contributed by atoms with Gasteiger partial charge in [0.25, 0.3) is 5.91 Å². The van der Waals surface area contributed by atoms with E-state index in [4.69, 9.17) is 16.3 Å². The quantitative estimate of drug-likeness (QED) is 0.836. The van der Waals surface area contributed by atoms with Gasteiger partial charge in [-0.25, -0.2) is 0 Å². The van der Waals surface area contributed by atoms with Crippen LogP contribution in [0.15, 0.2) is 30.5 Å². The number of amides is 1. The van der Waals surface area contributed by atoms with Crippen LogP contribution in [0.4, 0.5) is 0 Å². The van der Waals surface area contributed by atoms with Crippen LogP contribution in [-0.4, -0.2) is 46.2 Å². The van der Waals surface area contributed by atoms with E-state index in [1.807, 2.05) is 45.0 Å². The van der Waals surface area contributed by atoms with Crippen LogP contribution in [0.2, 0.25) is 5.02 Å². The lowest BCUT2D eigenvalue weighted by molar-refractivity contribution is -0.0163. The molecule has 0 radical (unpaired) electrons. The largest absolute Gasteiger partial charge is 0.491 e. The van der Waals surface area contributed by atoms with E-state index in [-0.39, 0.29) is 12.5 Å². The number of hydrogen-bond donors (Lipinski definition) is 1. The highest BCUT2D eigenvalue weighted by molar-refractivity contribution is 6.32. The third-order valence-corrected chi connectivity index (χ3v) is 5.93. The first kappa shape index (κ1) is 20.6. The molecule has 5 nitrogen and oxygen atoms in total. The van der Waals surface area contributed by atoms with E-state index >= 15 is 0 Å². The lowest BCUT2D eigenvalue weighted by atomic mass is 9.96. The van der Waals surface area contributed by atoms with Gasteiger partial charge in [0.05, 0.1) is 0 Å². The average molecular weight is 403 g/mol. The van der Waals surface area contributed by atoms with E-state index in [0.717, 1.165) is 28.1 Å². The van der Waals surface area contributed by atoms with Gasteiger partial charge in [-0.2, -0.15) is 0 Å². The molecule has 0 spiro atoms. The van der Waals surface area contributed by atoms with Crippen LogP contribution in [-0.2, 0) is 0 Å². The molecule has 2 heterocycles. The van der Waals surface area contributed by atoms with Gasteiger partial charge in [0.1, 0.15) is 23.7 Å². The molecule has 3 rings (SSSR count). The summed E-state index contributed by atoms with van der Waals surface area (Å²) in [4.78, 5) is 18.8. The van der Waals surface area contributed by atoms with Crippen molar-refractivity contribution in [1.82, 2.24) is 9.88 Å². The summed E-state index contributed by atoms with van der Waals surface area (Å²) in [5.41, 5.74) is 2.29. The number of aliphatic hydroxyl groups is 1. The summed E-state index contributed by atoms with van der Waals surface area (Å²) in [5, 5.41) is 11.8. The normalized spacial score (nSPS) is 20.0. The van der Waals surface area contributed by atoms with E-state index in [0.29, 0.717) is 37.4 Å². The molecule has 1 N–H and O–H groups in total. The van der Waals surface area contributed by atoms with Gasteiger partial charge in [-0.3, -0.25) is 9.78 Å². The van der Waals surface area contributed by atoms with Crippen molar-refractivity contribution in [2.45, 2.75) is 45.6 Å². The van der Waals surface area contributed by atoms with Gasteiger partial charge < -0.3 is 14.7 Å². The van der Waals surface area contributed by atoms with Crippen LogP contribution in [0.5, 0.6) is 5.75 Å². The lowest BCUT2D eigenvalue weighted by Gasteiger charge is -2.27. The molecule has 1 fully saturated rings. The van der Waals surface area contributed by atoms with Gasteiger partial charge in [-0.15, -0.1) is 0 Å².